The largest absolute Gasteiger partial charge is 0.469 e. The number of benzene rings is 3. The molecule has 0 saturated heterocycles. The molecule has 11 N–H and O–H groups in total. The summed E-state index contributed by atoms with van der Waals surface area (Å²) in [6, 6.07) is 25.4. The van der Waals surface area contributed by atoms with Crippen molar-refractivity contribution >= 4 is 49.9 Å². The fraction of sp³-hybridized carbons (Fsp3) is 0.452. The van der Waals surface area contributed by atoms with Gasteiger partial charge in [0, 0.05) is 31.8 Å². The Morgan fingerprint density at radius 1 is 0.714 bits per heavy atom. The Labute approximate surface area is 370 Å². The van der Waals surface area contributed by atoms with Gasteiger partial charge in [-0.1, -0.05) is 105 Å². The first-order valence-corrected chi connectivity index (χ1v) is 23.6. The number of nitrogens with two attached hydrogens (primary N) is 1. The van der Waals surface area contributed by atoms with Crippen molar-refractivity contribution < 1.29 is 61.1 Å². The minimum absolute atomic E-state index is 0.00902. The van der Waals surface area contributed by atoms with E-state index < -0.39 is 50.1 Å². The van der Waals surface area contributed by atoms with Crippen molar-refractivity contribution in [1.82, 2.24) is 25.5 Å². The highest BCUT2D eigenvalue weighted by atomic mass is 32.2. The number of carbonyl (C=O) groups is 5. The average molecular weight is 923 g/mol. The van der Waals surface area contributed by atoms with Gasteiger partial charge in [-0.05, 0) is 49.3 Å². The normalized spacial score (nSPS) is 12.4. The maximum Gasteiger partial charge on any atom is 0.405 e. The number of sulfonamides is 2. The van der Waals surface area contributed by atoms with Gasteiger partial charge in [-0.3, -0.25) is 25.0 Å². The summed E-state index contributed by atoms with van der Waals surface area (Å²) in [5.74, 6) is 2.98. The zero-order chi connectivity index (χ0) is 47.3. The van der Waals surface area contributed by atoms with Crippen LogP contribution >= 0.6 is 0 Å². The van der Waals surface area contributed by atoms with Gasteiger partial charge in [-0.25, -0.2) is 26.4 Å². The number of carboxylic acid groups (broad SMARTS) is 1. The molecule has 3 amide bonds. The van der Waals surface area contributed by atoms with Gasteiger partial charge in [-0.2, -0.15) is 4.83 Å². The molecule has 3 unspecified atom stereocenters. The van der Waals surface area contributed by atoms with Crippen molar-refractivity contribution in [3.05, 3.63) is 108 Å². The van der Waals surface area contributed by atoms with Crippen LogP contribution in [0.1, 0.15) is 56.7 Å². The van der Waals surface area contributed by atoms with E-state index >= 15 is 0 Å². The van der Waals surface area contributed by atoms with Crippen LogP contribution in [0.4, 0.5) is 4.79 Å². The van der Waals surface area contributed by atoms with E-state index in [-0.39, 0.29) is 67.8 Å². The van der Waals surface area contributed by atoms with Crippen LogP contribution in [-0.2, 0) is 68.0 Å². The first-order valence-electron chi connectivity index (χ1n) is 20.3. The second kappa shape index (κ2) is 30.6. The van der Waals surface area contributed by atoms with E-state index in [1.807, 2.05) is 56.3 Å². The van der Waals surface area contributed by atoms with Crippen LogP contribution in [-0.4, -0.2) is 108 Å². The number of rotatable bonds is 24. The van der Waals surface area contributed by atoms with E-state index in [9.17, 15) is 40.8 Å². The molecule has 3 aromatic rings. The molecule has 0 aliphatic heterocycles. The molecular formula is C42H64N7O12S2+. The highest BCUT2D eigenvalue weighted by Crippen LogP contribution is 2.08. The zero-order valence-corrected chi connectivity index (χ0v) is 37.9. The Bertz CT molecular complexity index is 2030. The second-order valence-corrected chi connectivity index (χ2v) is 18.0. The number of quaternary nitrogens is 1. The summed E-state index contributed by atoms with van der Waals surface area (Å²) in [6.07, 6.45) is 0.553. The molecule has 350 valence electrons. The van der Waals surface area contributed by atoms with E-state index in [4.69, 9.17) is 15.7 Å². The molecule has 0 spiro atoms. The van der Waals surface area contributed by atoms with Gasteiger partial charge in [-0.15, -0.1) is 0 Å². The molecule has 0 bridgehead atoms. The minimum Gasteiger partial charge on any atom is -0.469 e. The Morgan fingerprint density at radius 3 is 1.62 bits per heavy atom. The fourth-order valence-corrected chi connectivity index (χ4v) is 7.20. The van der Waals surface area contributed by atoms with Crippen LogP contribution in [0.15, 0.2) is 91.0 Å². The SMILES string of the molecule is CC(C)C([NH3+])C(=O)NCCCS(=O)(=O)NN.CCOC(=O)C(Cc1ccccc1)NS(=O)(=O)CCCNC(=O)C(Cc1ccccc1)NC(=O)O.COC(=O)CCc1ccccc1. The lowest BCUT2D eigenvalue weighted by Gasteiger charge is -2.18. The van der Waals surface area contributed by atoms with Crippen LogP contribution in [0.2, 0.25) is 0 Å². The molecule has 0 aliphatic carbocycles. The Hall–Kier alpha value is -5.45. The van der Waals surface area contributed by atoms with Crippen molar-refractivity contribution in [3.63, 3.8) is 0 Å². The highest BCUT2D eigenvalue weighted by Gasteiger charge is 2.26. The maximum absolute atomic E-state index is 12.6. The lowest BCUT2D eigenvalue weighted by molar-refractivity contribution is -0.414. The Kier molecular flexibility index (Phi) is 27.0. The minimum atomic E-state index is -3.86. The number of esters is 2. The number of methoxy groups -OCH3 is 1. The molecule has 0 heterocycles. The average Bonchev–Trinajstić information content (AvgIpc) is 3.26. The Morgan fingerprint density at radius 2 is 1.17 bits per heavy atom. The standard InChI is InChI=1S/C24H31N3O7S.C10H12O2.C8H20N4O3S/c1-2-34-23(29)21(17-19-12-7-4-8-13-19)27-35(32,33)15-9-14-25-22(28)20(26-24(30)31)16-18-10-5-3-6-11-18;1-12-10(11)8-7-9-5-3-2-4-6-9;1-6(2)7(9)8(13)11-4-3-5-16(14,15)12-10/h3-8,10-13,20-21,26-27H,2,9,14-17H2,1H3,(H,25,28)(H,30,31);2-6H,7-8H2,1H3;6-7,12H,3-5,9-10H2,1-2H3,(H,11,13)/p+1. The van der Waals surface area contributed by atoms with E-state index in [2.05, 4.69) is 31.1 Å². The number of hydrogen-bond acceptors (Lipinski definition) is 12. The number of aryl methyl sites for hydroxylation is 1. The van der Waals surface area contributed by atoms with E-state index in [1.54, 1.807) is 60.3 Å². The first kappa shape index (κ1) is 55.6. The molecule has 0 radical (unpaired) electrons. The lowest BCUT2D eigenvalue weighted by atomic mass is 10.1. The summed E-state index contributed by atoms with van der Waals surface area (Å²) >= 11 is 0. The predicted octanol–water partition coefficient (Wildman–Crippen LogP) is 0.810. The quantitative estimate of drug-likeness (QED) is 0.0267. The summed E-state index contributed by atoms with van der Waals surface area (Å²) in [4.78, 5) is 59.8. The zero-order valence-electron chi connectivity index (χ0n) is 36.3. The monoisotopic (exact) mass is 922 g/mol. The third-order valence-corrected chi connectivity index (χ3v) is 11.5. The molecule has 0 fully saturated rings. The maximum atomic E-state index is 12.6. The second-order valence-electron chi connectivity index (χ2n) is 14.3. The molecule has 21 heteroatoms. The van der Waals surface area contributed by atoms with Crippen LogP contribution in [0.5, 0.6) is 0 Å². The summed E-state index contributed by atoms with van der Waals surface area (Å²) < 4.78 is 58.9. The van der Waals surface area contributed by atoms with Crippen LogP contribution in [0.3, 0.4) is 0 Å². The summed E-state index contributed by atoms with van der Waals surface area (Å²) in [6.45, 7) is 5.87. The van der Waals surface area contributed by atoms with Crippen molar-refractivity contribution in [2.75, 3.05) is 38.3 Å². The van der Waals surface area contributed by atoms with Gasteiger partial charge in [0.1, 0.15) is 12.1 Å². The fourth-order valence-electron chi connectivity index (χ4n) is 5.31. The highest BCUT2D eigenvalue weighted by molar-refractivity contribution is 7.89. The molecular weight excluding hydrogens is 859 g/mol. The van der Waals surface area contributed by atoms with Crippen molar-refractivity contribution in [2.45, 2.75) is 77.4 Å². The van der Waals surface area contributed by atoms with Crippen molar-refractivity contribution in [1.29, 1.82) is 0 Å². The number of ether oxygens (including phenoxy) is 2. The number of amides is 3. The van der Waals surface area contributed by atoms with Crippen molar-refractivity contribution in [2.24, 2.45) is 11.8 Å². The molecule has 19 nitrogen and oxygen atoms in total. The predicted molar refractivity (Wildman–Crippen MR) is 237 cm³/mol. The molecule has 0 aromatic heterocycles. The molecule has 63 heavy (non-hydrogen) atoms. The Balaban J connectivity index is 0.000000580. The molecule has 0 saturated carbocycles. The number of hydrazine groups is 1. The molecule has 3 rings (SSSR count). The number of nitrogens with one attached hydrogen (secondary N) is 5. The van der Waals surface area contributed by atoms with Gasteiger partial charge in [0.2, 0.25) is 26.0 Å². The van der Waals surface area contributed by atoms with Crippen LogP contribution in [0, 0.1) is 5.92 Å². The van der Waals surface area contributed by atoms with Crippen LogP contribution in [0.25, 0.3) is 0 Å². The third kappa shape index (κ3) is 25.9. The summed E-state index contributed by atoms with van der Waals surface area (Å²) in [5, 5.41) is 16.4. The molecule has 3 aromatic carbocycles. The number of hydrogen-bond donors (Lipinski definition) is 8. The summed E-state index contributed by atoms with van der Waals surface area (Å²) in [5.41, 5.74) is 6.44. The van der Waals surface area contributed by atoms with Gasteiger partial charge in [0.25, 0.3) is 5.91 Å². The topological polar surface area (TPSA) is 306 Å². The van der Waals surface area contributed by atoms with Gasteiger partial charge in [0.05, 0.1) is 25.2 Å². The molecule has 0 aliphatic rings. The molecule has 3 atom stereocenters. The summed E-state index contributed by atoms with van der Waals surface area (Å²) in [7, 11) is -5.84. The van der Waals surface area contributed by atoms with Crippen LogP contribution < -0.4 is 37.1 Å². The van der Waals surface area contributed by atoms with E-state index in [0.717, 1.165) is 17.5 Å². The van der Waals surface area contributed by atoms with Gasteiger partial charge < -0.3 is 36.3 Å². The van der Waals surface area contributed by atoms with E-state index in [1.165, 1.54) is 12.7 Å². The van der Waals surface area contributed by atoms with Crippen molar-refractivity contribution in [3.8, 4) is 0 Å². The van der Waals surface area contributed by atoms with E-state index in [0.29, 0.717) is 19.4 Å². The van der Waals surface area contributed by atoms with Gasteiger partial charge in [0.15, 0.2) is 6.04 Å². The first-order chi connectivity index (χ1) is 29.8. The lowest BCUT2D eigenvalue weighted by Crippen LogP contribution is -2.69. The third-order valence-electron chi connectivity index (χ3n) is 8.86. The number of carbonyl (C=O) groups excluding carboxylic acids is 4. The smallest absolute Gasteiger partial charge is 0.405 e. The van der Waals surface area contributed by atoms with Gasteiger partial charge >= 0.3 is 18.0 Å².